The van der Waals surface area contributed by atoms with Gasteiger partial charge in [-0.1, -0.05) is 13.3 Å². The van der Waals surface area contributed by atoms with Gasteiger partial charge in [0.15, 0.2) is 0 Å². The third-order valence-corrected chi connectivity index (χ3v) is 4.03. The molecular weight excluding hydrogens is 202 g/mol. The molecule has 92 valence electrons. The zero-order valence-electron chi connectivity index (χ0n) is 10.4. The van der Waals surface area contributed by atoms with Crippen LogP contribution in [-0.4, -0.2) is 17.6 Å². The van der Waals surface area contributed by atoms with Crippen molar-refractivity contribution in [3.8, 4) is 0 Å². The second-order valence-electron chi connectivity index (χ2n) is 5.86. The zero-order valence-corrected chi connectivity index (χ0v) is 10.4. The molecule has 2 rings (SSSR count). The molecule has 0 heterocycles. The van der Waals surface area contributed by atoms with Crippen LogP contribution in [0.3, 0.4) is 0 Å². The van der Waals surface area contributed by atoms with E-state index in [4.69, 9.17) is 10.5 Å². The number of carbonyl (C=O) groups is 1. The minimum absolute atomic E-state index is 0.109. The largest absolute Gasteiger partial charge is 0.461 e. The van der Waals surface area contributed by atoms with Crippen LogP contribution in [0.15, 0.2) is 0 Å². The number of nitrogens with two attached hydrogens (primary N) is 1. The second-order valence-corrected chi connectivity index (χ2v) is 5.86. The quantitative estimate of drug-likeness (QED) is 0.749. The van der Waals surface area contributed by atoms with Crippen molar-refractivity contribution in [1.29, 1.82) is 0 Å². The standard InChI is InChI=1S/C13H23NO2/c1-9-4-3-5-11(8-9)16-12(15)13(2,14)10-6-7-10/h9-11H,3-8,14H2,1-2H3. The van der Waals surface area contributed by atoms with E-state index in [0.29, 0.717) is 11.8 Å². The molecule has 0 amide bonds. The number of hydrogen-bond donors (Lipinski definition) is 1. The highest BCUT2D eigenvalue weighted by molar-refractivity contribution is 5.81. The molecule has 2 saturated carbocycles. The molecule has 2 fully saturated rings. The fraction of sp³-hybridized carbons (Fsp3) is 0.923. The molecule has 0 spiro atoms. The van der Waals surface area contributed by atoms with Crippen molar-refractivity contribution < 1.29 is 9.53 Å². The van der Waals surface area contributed by atoms with Gasteiger partial charge < -0.3 is 10.5 Å². The number of rotatable bonds is 3. The fourth-order valence-corrected chi connectivity index (χ4v) is 2.61. The Morgan fingerprint density at radius 2 is 2.00 bits per heavy atom. The summed E-state index contributed by atoms with van der Waals surface area (Å²) in [6.07, 6.45) is 6.70. The Morgan fingerprint density at radius 1 is 1.31 bits per heavy atom. The van der Waals surface area contributed by atoms with E-state index >= 15 is 0 Å². The van der Waals surface area contributed by atoms with Gasteiger partial charge in [-0.2, -0.15) is 0 Å². The van der Waals surface area contributed by atoms with E-state index in [1.807, 2.05) is 6.92 Å². The van der Waals surface area contributed by atoms with Crippen LogP contribution in [0.2, 0.25) is 0 Å². The SMILES string of the molecule is CC1CCCC(OC(=O)C(C)(N)C2CC2)C1. The van der Waals surface area contributed by atoms with Gasteiger partial charge >= 0.3 is 5.97 Å². The van der Waals surface area contributed by atoms with E-state index < -0.39 is 5.54 Å². The molecule has 3 heteroatoms. The lowest BCUT2D eigenvalue weighted by Gasteiger charge is -2.30. The van der Waals surface area contributed by atoms with E-state index in [9.17, 15) is 4.79 Å². The molecule has 0 aromatic carbocycles. The molecule has 2 aliphatic carbocycles. The first-order valence-corrected chi connectivity index (χ1v) is 6.50. The average Bonchev–Trinajstić information content (AvgIpc) is 3.00. The normalized spacial score (nSPS) is 34.2. The minimum atomic E-state index is -0.749. The van der Waals surface area contributed by atoms with Crippen LogP contribution in [0.4, 0.5) is 0 Å². The smallest absolute Gasteiger partial charge is 0.326 e. The minimum Gasteiger partial charge on any atom is -0.461 e. The third kappa shape index (κ3) is 2.57. The number of esters is 1. The summed E-state index contributed by atoms with van der Waals surface area (Å²) in [5.74, 6) is 0.839. The fourth-order valence-electron chi connectivity index (χ4n) is 2.61. The summed E-state index contributed by atoms with van der Waals surface area (Å²) >= 11 is 0. The maximum Gasteiger partial charge on any atom is 0.326 e. The monoisotopic (exact) mass is 225 g/mol. The predicted octanol–water partition coefficient (Wildman–Crippen LogP) is 2.24. The Labute approximate surface area is 97.7 Å². The maximum absolute atomic E-state index is 12.0. The Balaban J connectivity index is 1.86. The summed E-state index contributed by atoms with van der Waals surface area (Å²) in [6, 6.07) is 0. The highest BCUT2D eigenvalue weighted by atomic mass is 16.5. The van der Waals surface area contributed by atoms with Crippen molar-refractivity contribution in [2.45, 2.75) is 64.0 Å². The summed E-state index contributed by atoms with van der Waals surface area (Å²) in [4.78, 5) is 12.0. The van der Waals surface area contributed by atoms with Crippen molar-refractivity contribution in [1.82, 2.24) is 0 Å². The third-order valence-electron chi connectivity index (χ3n) is 4.03. The van der Waals surface area contributed by atoms with Crippen LogP contribution in [0, 0.1) is 11.8 Å². The zero-order chi connectivity index (χ0) is 11.8. The second kappa shape index (κ2) is 4.36. The number of hydrogen-bond acceptors (Lipinski definition) is 3. The molecule has 3 atom stereocenters. The molecule has 0 radical (unpaired) electrons. The van der Waals surface area contributed by atoms with E-state index in [1.165, 1.54) is 12.8 Å². The molecule has 0 saturated heterocycles. The molecule has 3 nitrogen and oxygen atoms in total. The van der Waals surface area contributed by atoms with E-state index in [1.54, 1.807) is 0 Å². The van der Waals surface area contributed by atoms with E-state index in [-0.39, 0.29) is 12.1 Å². The van der Waals surface area contributed by atoms with Gasteiger partial charge in [-0.3, -0.25) is 4.79 Å². The summed E-state index contributed by atoms with van der Waals surface area (Å²) in [6.45, 7) is 4.04. The van der Waals surface area contributed by atoms with Gasteiger partial charge in [-0.05, 0) is 50.9 Å². The molecule has 0 aliphatic heterocycles. The number of carbonyl (C=O) groups excluding carboxylic acids is 1. The summed E-state index contributed by atoms with van der Waals surface area (Å²) < 4.78 is 5.56. The molecule has 2 N–H and O–H groups in total. The van der Waals surface area contributed by atoms with E-state index in [2.05, 4.69) is 6.92 Å². The average molecular weight is 225 g/mol. The Morgan fingerprint density at radius 3 is 2.56 bits per heavy atom. The van der Waals surface area contributed by atoms with Crippen LogP contribution >= 0.6 is 0 Å². The topological polar surface area (TPSA) is 52.3 Å². The van der Waals surface area contributed by atoms with E-state index in [0.717, 1.165) is 25.7 Å². The highest BCUT2D eigenvalue weighted by Crippen LogP contribution is 2.39. The van der Waals surface area contributed by atoms with Gasteiger partial charge in [0.2, 0.25) is 0 Å². The molecule has 16 heavy (non-hydrogen) atoms. The van der Waals surface area contributed by atoms with Gasteiger partial charge in [0.05, 0.1) is 0 Å². The van der Waals surface area contributed by atoms with Gasteiger partial charge in [-0.15, -0.1) is 0 Å². The van der Waals surface area contributed by atoms with Crippen LogP contribution in [0.5, 0.6) is 0 Å². The van der Waals surface area contributed by atoms with Crippen LogP contribution < -0.4 is 5.73 Å². The summed E-state index contributed by atoms with van der Waals surface area (Å²) in [5, 5.41) is 0. The molecule has 0 aromatic rings. The number of ether oxygens (including phenoxy) is 1. The lowest BCUT2D eigenvalue weighted by atomic mass is 9.88. The van der Waals surface area contributed by atoms with Gasteiger partial charge in [0.25, 0.3) is 0 Å². The predicted molar refractivity (Wildman–Crippen MR) is 62.8 cm³/mol. The Kier molecular flexibility index (Phi) is 3.24. The molecule has 0 bridgehead atoms. The summed E-state index contributed by atoms with van der Waals surface area (Å²) in [5.41, 5.74) is 5.29. The first kappa shape index (κ1) is 11.9. The van der Waals surface area contributed by atoms with Crippen molar-refractivity contribution in [3.63, 3.8) is 0 Å². The lowest BCUT2D eigenvalue weighted by molar-refractivity contribution is -0.158. The lowest BCUT2D eigenvalue weighted by Crippen LogP contribution is -2.49. The van der Waals surface area contributed by atoms with Crippen LogP contribution in [0.1, 0.15) is 52.4 Å². The summed E-state index contributed by atoms with van der Waals surface area (Å²) in [7, 11) is 0. The molecular formula is C13H23NO2. The first-order valence-electron chi connectivity index (χ1n) is 6.50. The van der Waals surface area contributed by atoms with Gasteiger partial charge in [-0.25, -0.2) is 0 Å². The van der Waals surface area contributed by atoms with Crippen molar-refractivity contribution >= 4 is 5.97 Å². The maximum atomic E-state index is 12.0. The van der Waals surface area contributed by atoms with Gasteiger partial charge in [0, 0.05) is 0 Å². The van der Waals surface area contributed by atoms with Crippen molar-refractivity contribution in [2.24, 2.45) is 17.6 Å². The Bertz CT molecular complexity index is 271. The first-order chi connectivity index (χ1) is 7.50. The van der Waals surface area contributed by atoms with Crippen molar-refractivity contribution in [3.05, 3.63) is 0 Å². The van der Waals surface area contributed by atoms with Gasteiger partial charge in [0.1, 0.15) is 11.6 Å². The van der Waals surface area contributed by atoms with Crippen LogP contribution in [-0.2, 0) is 9.53 Å². The highest BCUT2D eigenvalue weighted by Gasteiger charge is 2.46. The van der Waals surface area contributed by atoms with Crippen molar-refractivity contribution in [2.75, 3.05) is 0 Å². The molecule has 0 aromatic heterocycles. The molecule has 2 aliphatic rings. The molecule has 3 unspecified atom stereocenters. The Hall–Kier alpha value is -0.570. The van der Waals surface area contributed by atoms with Crippen LogP contribution in [0.25, 0.3) is 0 Å².